The second-order valence-corrected chi connectivity index (χ2v) is 3.62. The Morgan fingerprint density at radius 3 is 2.75 bits per heavy atom. The highest BCUT2D eigenvalue weighted by atomic mass is 79.9. The summed E-state index contributed by atoms with van der Waals surface area (Å²) in [5, 5.41) is 0. The number of hydrogen-bond acceptors (Lipinski definition) is 1. The van der Waals surface area contributed by atoms with Gasteiger partial charge in [-0.1, -0.05) is 34.1 Å². The Morgan fingerprint density at radius 1 is 1.58 bits per heavy atom. The summed E-state index contributed by atoms with van der Waals surface area (Å²) in [5.41, 5.74) is 8.08. The van der Waals surface area contributed by atoms with Gasteiger partial charge >= 0.3 is 0 Å². The van der Waals surface area contributed by atoms with Crippen molar-refractivity contribution >= 4 is 15.9 Å². The maximum atomic E-state index is 5.78. The first-order chi connectivity index (χ1) is 5.65. The average Bonchev–Trinajstić information content (AvgIpc) is 2.08. The summed E-state index contributed by atoms with van der Waals surface area (Å²) in [4.78, 5) is 0. The molecule has 0 fully saturated rings. The molecule has 12 heavy (non-hydrogen) atoms. The summed E-state index contributed by atoms with van der Waals surface area (Å²) in [6, 6.07) is 6.02. The van der Waals surface area contributed by atoms with Crippen LogP contribution in [0.3, 0.4) is 0 Å². The van der Waals surface area contributed by atoms with Crippen LogP contribution in [0, 0.1) is 6.92 Å². The number of benzene rings is 1. The van der Waals surface area contributed by atoms with Gasteiger partial charge in [0.25, 0.3) is 0 Å². The van der Waals surface area contributed by atoms with Crippen LogP contribution in [0.2, 0.25) is 0 Å². The van der Waals surface area contributed by atoms with Gasteiger partial charge in [0.05, 0.1) is 0 Å². The number of halogens is 1. The number of nitrogens with two attached hydrogens (primary N) is 1. The number of aryl methyl sites for hydroxylation is 1. The normalized spacial score (nSPS) is 12.6. The molecule has 2 N–H and O–H groups in total. The van der Waals surface area contributed by atoms with Crippen LogP contribution >= 0.6 is 15.9 Å². The third kappa shape index (κ3) is 1.96. The highest BCUT2D eigenvalue weighted by Crippen LogP contribution is 2.20. The molecule has 0 heterocycles. The molecule has 0 spiro atoms. The second kappa shape index (κ2) is 3.87. The average molecular weight is 226 g/mol. The van der Waals surface area contributed by atoms with E-state index < -0.39 is 0 Å². The molecular weight excluding hydrogens is 214 g/mol. The maximum absolute atomic E-state index is 5.78. The fourth-order valence-corrected chi connectivity index (χ4v) is 1.26. The van der Waals surface area contributed by atoms with Gasteiger partial charge in [0.2, 0.25) is 0 Å². The van der Waals surface area contributed by atoms with Gasteiger partial charge in [-0.05, 0) is 24.1 Å². The first-order valence-corrected chi connectivity index (χ1v) is 4.58. The molecular formula is C10H12BrN. The van der Waals surface area contributed by atoms with Crippen molar-refractivity contribution in [1.29, 1.82) is 0 Å². The monoisotopic (exact) mass is 225 g/mol. The summed E-state index contributed by atoms with van der Waals surface area (Å²) < 4.78 is 1.11. The first kappa shape index (κ1) is 9.49. The molecule has 0 bridgehead atoms. The molecule has 0 aliphatic rings. The molecule has 1 atom stereocenters. The van der Waals surface area contributed by atoms with Gasteiger partial charge in [-0.25, -0.2) is 0 Å². The lowest BCUT2D eigenvalue weighted by atomic mass is 10.1. The highest BCUT2D eigenvalue weighted by molar-refractivity contribution is 9.10. The summed E-state index contributed by atoms with van der Waals surface area (Å²) in [6.45, 7) is 5.70. The summed E-state index contributed by atoms with van der Waals surface area (Å²) in [6.07, 6.45) is 1.74. The van der Waals surface area contributed by atoms with E-state index in [0.717, 1.165) is 10.0 Å². The summed E-state index contributed by atoms with van der Waals surface area (Å²) >= 11 is 3.43. The van der Waals surface area contributed by atoms with Crippen LogP contribution in [-0.2, 0) is 0 Å². The number of rotatable bonds is 2. The Balaban J connectivity index is 3.04. The van der Waals surface area contributed by atoms with Gasteiger partial charge in [-0.2, -0.15) is 0 Å². The molecule has 0 saturated heterocycles. The molecule has 1 rings (SSSR count). The van der Waals surface area contributed by atoms with Crippen molar-refractivity contribution < 1.29 is 0 Å². The fourth-order valence-electron chi connectivity index (χ4n) is 1.01. The molecule has 0 aliphatic heterocycles. The largest absolute Gasteiger partial charge is 0.321 e. The molecule has 0 radical (unpaired) electrons. The van der Waals surface area contributed by atoms with Gasteiger partial charge < -0.3 is 5.73 Å². The second-order valence-electron chi connectivity index (χ2n) is 2.77. The predicted octanol–water partition coefficient (Wildman–Crippen LogP) is 2.94. The predicted molar refractivity (Wildman–Crippen MR) is 56.0 cm³/mol. The lowest BCUT2D eigenvalue weighted by molar-refractivity contribution is 0.911. The van der Waals surface area contributed by atoms with Crippen molar-refractivity contribution in [2.24, 2.45) is 5.73 Å². The Hall–Kier alpha value is -0.600. The molecule has 1 aromatic carbocycles. The zero-order valence-corrected chi connectivity index (χ0v) is 8.64. The Bertz CT molecular complexity index is 294. The molecule has 64 valence electrons. The Labute approximate surface area is 81.4 Å². The van der Waals surface area contributed by atoms with E-state index in [-0.39, 0.29) is 6.04 Å². The summed E-state index contributed by atoms with van der Waals surface area (Å²) in [5.74, 6) is 0. The highest BCUT2D eigenvalue weighted by Gasteiger charge is 2.02. The van der Waals surface area contributed by atoms with Crippen LogP contribution in [0.25, 0.3) is 0 Å². The Kier molecular flexibility index (Phi) is 3.06. The third-order valence-electron chi connectivity index (χ3n) is 1.82. The molecule has 0 aromatic heterocycles. The van der Waals surface area contributed by atoms with E-state index in [4.69, 9.17) is 5.73 Å². The quantitative estimate of drug-likeness (QED) is 0.771. The lowest BCUT2D eigenvalue weighted by Crippen LogP contribution is -2.06. The lowest BCUT2D eigenvalue weighted by Gasteiger charge is -2.07. The van der Waals surface area contributed by atoms with Crippen molar-refractivity contribution in [3.63, 3.8) is 0 Å². The van der Waals surface area contributed by atoms with Gasteiger partial charge in [-0.3, -0.25) is 0 Å². The molecule has 0 amide bonds. The molecule has 1 unspecified atom stereocenters. The van der Waals surface area contributed by atoms with Gasteiger partial charge in [-0.15, -0.1) is 6.58 Å². The zero-order chi connectivity index (χ0) is 9.14. The maximum Gasteiger partial charge on any atom is 0.0478 e. The van der Waals surface area contributed by atoms with Crippen LogP contribution in [-0.4, -0.2) is 0 Å². The standard InChI is InChI=1S/C10H12BrN/c1-3-10(12)8-4-5-9(11)7(2)6-8/h3-6,10H,1,12H2,2H3. The van der Waals surface area contributed by atoms with E-state index in [1.807, 2.05) is 19.1 Å². The van der Waals surface area contributed by atoms with Crippen molar-refractivity contribution in [2.45, 2.75) is 13.0 Å². The summed E-state index contributed by atoms with van der Waals surface area (Å²) in [7, 11) is 0. The first-order valence-electron chi connectivity index (χ1n) is 3.79. The van der Waals surface area contributed by atoms with Crippen LogP contribution in [0.1, 0.15) is 17.2 Å². The minimum absolute atomic E-state index is 0.0585. The van der Waals surface area contributed by atoms with Crippen LogP contribution < -0.4 is 5.73 Å². The minimum Gasteiger partial charge on any atom is -0.321 e. The molecule has 1 nitrogen and oxygen atoms in total. The zero-order valence-electron chi connectivity index (χ0n) is 7.05. The van der Waals surface area contributed by atoms with Crippen molar-refractivity contribution in [3.8, 4) is 0 Å². The van der Waals surface area contributed by atoms with E-state index in [9.17, 15) is 0 Å². The minimum atomic E-state index is -0.0585. The SMILES string of the molecule is C=CC(N)c1ccc(Br)c(C)c1. The molecule has 2 heteroatoms. The van der Waals surface area contributed by atoms with E-state index in [1.165, 1.54) is 5.56 Å². The Morgan fingerprint density at radius 2 is 2.25 bits per heavy atom. The van der Waals surface area contributed by atoms with Crippen LogP contribution in [0.15, 0.2) is 35.3 Å². The smallest absolute Gasteiger partial charge is 0.0478 e. The molecule has 0 aliphatic carbocycles. The van der Waals surface area contributed by atoms with Crippen LogP contribution in [0.5, 0.6) is 0 Å². The third-order valence-corrected chi connectivity index (χ3v) is 2.71. The van der Waals surface area contributed by atoms with E-state index in [2.05, 4.69) is 28.6 Å². The van der Waals surface area contributed by atoms with E-state index in [1.54, 1.807) is 6.08 Å². The van der Waals surface area contributed by atoms with Gasteiger partial charge in [0, 0.05) is 10.5 Å². The molecule has 1 aromatic rings. The van der Waals surface area contributed by atoms with Crippen LogP contribution in [0.4, 0.5) is 0 Å². The van der Waals surface area contributed by atoms with E-state index in [0.29, 0.717) is 0 Å². The fraction of sp³-hybridized carbons (Fsp3) is 0.200. The van der Waals surface area contributed by atoms with Gasteiger partial charge in [0.15, 0.2) is 0 Å². The van der Waals surface area contributed by atoms with Crippen molar-refractivity contribution in [3.05, 3.63) is 46.5 Å². The number of hydrogen-bond donors (Lipinski definition) is 1. The van der Waals surface area contributed by atoms with Crippen molar-refractivity contribution in [2.75, 3.05) is 0 Å². The van der Waals surface area contributed by atoms with E-state index >= 15 is 0 Å². The van der Waals surface area contributed by atoms with Crippen molar-refractivity contribution in [1.82, 2.24) is 0 Å². The van der Waals surface area contributed by atoms with Gasteiger partial charge in [0.1, 0.15) is 0 Å². The topological polar surface area (TPSA) is 26.0 Å². The molecule has 0 saturated carbocycles.